The number of ether oxygens (including phenoxy) is 1. The Morgan fingerprint density at radius 2 is 1.31 bits per heavy atom. The van der Waals surface area contributed by atoms with Gasteiger partial charge in [0.2, 0.25) is 23.6 Å². The molecule has 0 fully saturated rings. The molecular weight excluding hydrogens is 795 g/mol. The molecule has 0 unspecified atom stereocenters. The summed E-state index contributed by atoms with van der Waals surface area (Å²) in [6.07, 6.45) is 0.664. The number of amides is 5. The Morgan fingerprint density at radius 3 is 1.95 bits per heavy atom. The molecule has 13 nitrogen and oxygen atoms in total. The maximum absolute atomic E-state index is 14.6. The minimum Gasteiger partial charge on any atom is -0.484 e. The fourth-order valence-corrected chi connectivity index (χ4v) is 7.69. The number of carbonyl (C=O) groups is 6. The van der Waals surface area contributed by atoms with E-state index in [9.17, 15) is 33.9 Å². The van der Waals surface area contributed by atoms with Crippen LogP contribution in [0, 0.1) is 0 Å². The Hall–Kier alpha value is -6.80. The van der Waals surface area contributed by atoms with Crippen molar-refractivity contribution in [1.29, 1.82) is 0 Å². The van der Waals surface area contributed by atoms with Crippen molar-refractivity contribution < 1.29 is 38.6 Å². The van der Waals surface area contributed by atoms with E-state index in [1.54, 1.807) is 24.3 Å². The molecule has 0 radical (unpaired) electrons. The summed E-state index contributed by atoms with van der Waals surface area (Å²) < 4.78 is 5.76. The number of hydrogen-bond acceptors (Lipinski definition) is 8. The Balaban J connectivity index is 1.36. The van der Waals surface area contributed by atoms with Crippen molar-refractivity contribution in [3.05, 3.63) is 148 Å². The topological polar surface area (TPSA) is 183 Å². The highest BCUT2D eigenvalue weighted by Crippen LogP contribution is 2.21. The van der Waals surface area contributed by atoms with Crippen LogP contribution in [-0.2, 0) is 54.5 Å². The molecule has 5 N–H and O–H groups in total. The molecule has 61 heavy (non-hydrogen) atoms. The normalized spacial score (nSPS) is 19.4. The van der Waals surface area contributed by atoms with E-state index in [1.165, 1.54) is 25.3 Å². The summed E-state index contributed by atoms with van der Waals surface area (Å²) in [7, 11) is 1.35. The van der Waals surface area contributed by atoms with E-state index >= 15 is 0 Å². The summed E-state index contributed by atoms with van der Waals surface area (Å²) in [4.78, 5) is 84.3. The van der Waals surface area contributed by atoms with Crippen LogP contribution in [0.15, 0.2) is 127 Å². The van der Waals surface area contributed by atoms with E-state index < -0.39 is 72.3 Å². The third-order valence-corrected chi connectivity index (χ3v) is 11.5. The van der Waals surface area contributed by atoms with Crippen LogP contribution in [0.1, 0.15) is 34.9 Å². The minimum absolute atomic E-state index is 0.0244. The van der Waals surface area contributed by atoms with Gasteiger partial charge >= 0.3 is 5.97 Å². The van der Waals surface area contributed by atoms with Crippen molar-refractivity contribution >= 4 is 46.8 Å². The lowest BCUT2D eigenvalue weighted by Gasteiger charge is -2.29. The highest BCUT2D eigenvalue weighted by Gasteiger charge is 2.34. The van der Waals surface area contributed by atoms with Crippen LogP contribution >= 0.6 is 11.3 Å². The molecule has 5 atom stereocenters. The van der Waals surface area contributed by atoms with Crippen molar-refractivity contribution in [1.82, 2.24) is 26.2 Å². The van der Waals surface area contributed by atoms with Crippen LogP contribution in [0.3, 0.4) is 0 Å². The van der Waals surface area contributed by atoms with Gasteiger partial charge in [0.25, 0.3) is 5.91 Å². The van der Waals surface area contributed by atoms with Gasteiger partial charge in [-0.2, -0.15) is 0 Å². The number of hydrogen-bond donors (Lipinski definition) is 5. The number of nitrogens with one attached hydrogen (secondary N) is 4. The van der Waals surface area contributed by atoms with E-state index in [0.29, 0.717) is 17.7 Å². The number of carboxylic acid groups (broad SMARTS) is 1. The van der Waals surface area contributed by atoms with E-state index in [4.69, 9.17) is 4.74 Å². The summed E-state index contributed by atoms with van der Waals surface area (Å²) in [5.41, 5.74) is 4.20. The predicted octanol–water partition coefficient (Wildman–Crippen LogP) is 4.34. The van der Waals surface area contributed by atoms with Crippen LogP contribution in [-0.4, -0.2) is 89.4 Å². The molecule has 0 saturated heterocycles. The molecule has 5 amide bonds. The molecule has 3 heterocycles. The minimum atomic E-state index is -1.23. The number of benzene rings is 4. The quantitative estimate of drug-likeness (QED) is 0.122. The monoisotopic (exact) mass is 843 g/mol. The first-order valence-corrected chi connectivity index (χ1v) is 20.9. The number of fused-ring (bicyclic) bond motifs is 16. The summed E-state index contributed by atoms with van der Waals surface area (Å²) >= 11 is 1.42. The summed E-state index contributed by atoms with van der Waals surface area (Å²) in [6, 6.07) is 31.1. The van der Waals surface area contributed by atoms with Crippen molar-refractivity contribution in [2.45, 2.75) is 69.2 Å². The summed E-state index contributed by atoms with van der Waals surface area (Å²) in [5.74, 6) is -4.04. The number of rotatable bonds is 11. The Kier molecular flexibility index (Phi) is 15.0. The van der Waals surface area contributed by atoms with E-state index in [2.05, 4.69) is 21.3 Å². The zero-order valence-electron chi connectivity index (χ0n) is 33.9. The molecule has 1 aromatic heterocycles. The molecule has 14 heteroatoms. The van der Waals surface area contributed by atoms with Gasteiger partial charge in [-0.25, -0.2) is 4.79 Å². The largest absolute Gasteiger partial charge is 0.484 e. The second kappa shape index (κ2) is 20.9. The molecule has 4 aromatic carbocycles. The van der Waals surface area contributed by atoms with Gasteiger partial charge in [0.15, 0.2) is 6.61 Å². The van der Waals surface area contributed by atoms with Crippen LogP contribution < -0.4 is 26.0 Å². The van der Waals surface area contributed by atoms with Gasteiger partial charge in [-0.1, -0.05) is 103 Å². The molecule has 7 rings (SSSR count). The maximum atomic E-state index is 14.6. The zero-order chi connectivity index (χ0) is 43.3. The first-order chi connectivity index (χ1) is 29.4. The molecule has 2 bridgehead atoms. The van der Waals surface area contributed by atoms with Crippen LogP contribution in [0.5, 0.6) is 5.75 Å². The summed E-state index contributed by atoms with van der Waals surface area (Å²) in [5, 5.41) is 22.9. The standard InChI is InChI=1S/C47H49N5O8S/c1-30(47(58)59)52(2)46(57)41-27-33-17-22-36(23-18-33)60-29-42(53)48-40(28-37-14-9-25-61-37)45(56)50-39(26-32-15-20-35(21-16-32)34-12-7-4-8-13-34)44(55)49-38(43(54)51-41)24-19-31-10-5-3-6-11-31/h3-18,20-23,25,30,38-41H,19,24,26-29H2,1-2H3,(H,48,53)(H,49,55)(H,50,56)(H,51,54)(H,58,59)/t30-,38-,39+,40-,41-/m0/s1. The van der Waals surface area contributed by atoms with Gasteiger partial charge in [-0.05, 0) is 71.2 Å². The van der Waals surface area contributed by atoms with Crippen LogP contribution in [0.25, 0.3) is 11.1 Å². The highest BCUT2D eigenvalue weighted by molar-refractivity contribution is 7.09. The number of carboxylic acids is 1. The van der Waals surface area contributed by atoms with Gasteiger partial charge in [0.05, 0.1) is 0 Å². The average Bonchev–Trinajstić information content (AvgIpc) is 3.79. The smallest absolute Gasteiger partial charge is 0.326 e. The predicted molar refractivity (Wildman–Crippen MR) is 232 cm³/mol. The molecule has 0 aliphatic carbocycles. The van der Waals surface area contributed by atoms with Gasteiger partial charge < -0.3 is 36.0 Å². The Morgan fingerprint density at radius 1 is 0.705 bits per heavy atom. The number of nitrogens with zero attached hydrogens (tertiary/aromatic N) is 1. The molecular formula is C47H49N5O8S. The molecule has 2 aliphatic heterocycles. The van der Waals surface area contributed by atoms with Crippen molar-refractivity contribution in [3.8, 4) is 16.9 Å². The van der Waals surface area contributed by atoms with Crippen LogP contribution in [0.4, 0.5) is 0 Å². The molecule has 2 aliphatic rings. The number of carbonyl (C=O) groups excluding carboxylic acids is 5. The second-order valence-electron chi connectivity index (χ2n) is 15.0. The highest BCUT2D eigenvalue weighted by atomic mass is 32.1. The fraction of sp³-hybridized carbons (Fsp3) is 0.277. The second-order valence-corrected chi connectivity index (χ2v) is 16.0. The van der Waals surface area contributed by atoms with E-state index in [0.717, 1.165) is 32.0 Å². The lowest BCUT2D eigenvalue weighted by atomic mass is 9.99. The molecule has 0 saturated carbocycles. The van der Waals surface area contributed by atoms with Crippen LogP contribution in [0.2, 0.25) is 0 Å². The first kappa shape index (κ1) is 43.8. The Labute approximate surface area is 358 Å². The SMILES string of the molecule is C[C@@H](C(=O)O)N(C)C(=O)[C@@H]1Cc2ccc(cc2)OCC(=O)N[C@@H](Cc2cccs2)C(=O)N[C@H](Cc2ccc(-c3ccccc3)cc2)C(=O)N[C@@H](CCc2ccccc2)C(=O)N1. The van der Waals surface area contributed by atoms with E-state index in [1.807, 2.05) is 102 Å². The number of thiophene rings is 1. The number of likely N-dealkylation sites (N-methyl/N-ethyl adjacent to an activating group) is 1. The lowest BCUT2D eigenvalue weighted by molar-refractivity contribution is -0.149. The number of aliphatic carboxylic acids is 1. The fourth-order valence-electron chi connectivity index (χ4n) is 6.93. The number of aryl methyl sites for hydroxylation is 1. The van der Waals surface area contributed by atoms with E-state index in [-0.39, 0.29) is 25.7 Å². The Bertz CT molecular complexity index is 2270. The van der Waals surface area contributed by atoms with Crippen molar-refractivity contribution in [2.75, 3.05) is 13.7 Å². The molecule has 5 aromatic rings. The van der Waals surface area contributed by atoms with Gasteiger partial charge in [0.1, 0.15) is 36.0 Å². The van der Waals surface area contributed by atoms with Crippen molar-refractivity contribution in [2.24, 2.45) is 0 Å². The third-order valence-electron chi connectivity index (χ3n) is 10.6. The summed E-state index contributed by atoms with van der Waals surface area (Å²) in [6.45, 7) is 0.953. The zero-order valence-corrected chi connectivity index (χ0v) is 34.7. The average molecular weight is 844 g/mol. The van der Waals surface area contributed by atoms with Gasteiger partial charge in [-0.3, -0.25) is 24.0 Å². The van der Waals surface area contributed by atoms with Gasteiger partial charge in [0, 0.05) is 31.2 Å². The lowest BCUT2D eigenvalue weighted by Crippen LogP contribution is -2.59. The van der Waals surface area contributed by atoms with Gasteiger partial charge in [-0.15, -0.1) is 11.3 Å². The first-order valence-electron chi connectivity index (χ1n) is 20.1. The maximum Gasteiger partial charge on any atom is 0.326 e. The molecule has 316 valence electrons. The molecule has 0 spiro atoms. The van der Waals surface area contributed by atoms with Crippen molar-refractivity contribution in [3.63, 3.8) is 0 Å². The third kappa shape index (κ3) is 12.4.